The zero-order chi connectivity index (χ0) is 20.4. The monoisotopic (exact) mass is 423 g/mol. The Hall–Kier alpha value is -3.08. The molecule has 1 aromatic heterocycles. The summed E-state index contributed by atoms with van der Waals surface area (Å²) in [5.41, 5.74) is 1.94. The second kappa shape index (κ2) is 8.11. The molecule has 0 saturated heterocycles. The molecule has 4 nitrogen and oxygen atoms in total. The molecule has 6 heteroatoms. The van der Waals surface area contributed by atoms with Crippen molar-refractivity contribution in [2.24, 2.45) is 0 Å². The summed E-state index contributed by atoms with van der Waals surface area (Å²) in [6.45, 7) is 0. The van der Waals surface area contributed by atoms with E-state index in [4.69, 9.17) is 27.9 Å². The van der Waals surface area contributed by atoms with E-state index < -0.39 is 12.1 Å². The number of H-pyrrole nitrogens is 1. The number of rotatable bonds is 5. The minimum Gasteiger partial charge on any atom is -0.445 e. The minimum absolute atomic E-state index is 0.104. The third-order valence-corrected chi connectivity index (χ3v) is 5.13. The molecule has 0 aliphatic rings. The number of ketones is 1. The van der Waals surface area contributed by atoms with Crippen molar-refractivity contribution in [3.8, 4) is 0 Å². The first kappa shape index (κ1) is 19.2. The van der Waals surface area contributed by atoms with Gasteiger partial charge in [0.25, 0.3) is 0 Å². The highest BCUT2D eigenvalue weighted by Crippen LogP contribution is 2.29. The fraction of sp³-hybridized carbons (Fsp3) is 0.0435. The van der Waals surface area contributed by atoms with Gasteiger partial charge in [0.05, 0.1) is 10.6 Å². The van der Waals surface area contributed by atoms with E-state index in [-0.39, 0.29) is 16.4 Å². The molecule has 0 aliphatic carbocycles. The third kappa shape index (κ3) is 3.90. The number of hydrogen-bond donors (Lipinski definition) is 1. The Morgan fingerprint density at radius 2 is 1.59 bits per heavy atom. The maximum atomic E-state index is 13.4. The van der Waals surface area contributed by atoms with Crippen LogP contribution in [0.15, 0.2) is 79.0 Å². The molecule has 1 heterocycles. The van der Waals surface area contributed by atoms with E-state index in [1.807, 2.05) is 30.3 Å². The van der Waals surface area contributed by atoms with Crippen molar-refractivity contribution in [1.82, 2.24) is 4.98 Å². The van der Waals surface area contributed by atoms with Crippen LogP contribution in [0, 0.1) is 0 Å². The number of halogens is 2. The number of aromatic nitrogens is 1. The number of ether oxygens (including phenoxy) is 1. The first-order valence-corrected chi connectivity index (χ1v) is 9.61. The number of fused-ring (bicyclic) bond motifs is 1. The number of nitrogens with one attached hydrogen (secondary N) is 1. The lowest BCUT2D eigenvalue weighted by molar-refractivity contribution is 0.0281. The van der Waals surface area contributed by atoms with Gasteiger partial charge in [-0.15, -0.1) is 0 Å². The molecule has 3 aromatic carbocycles. The Morgan fingerprint density at radius 1 is 0.862 bits per heavy atom. The maximum absolute atomic E-state index is 13.4. The summed E-state index contributed by atoms with van der Waals surface area (Å²) in [6.07, 6.45) is 0.501. The van der Waals surface area contributed by atoms with Crippen molar-refractivity contribution in [2.45, 2.75) is 6.10 Å². The number of carbonyl (C=O) groups excluding carboxylic acids is 2. The molecule has 4 aromatic rings. The summed E-state index contributed by atoms with van der Waals surface area (Å²) in [7, 11) is 0. The summed E-state index contributed by atoms with van der Waals surface area (Å²) in [5, 5.41) is 1.31. The molecule has 0 fully saturated rings. The highest BCUT2D eigenvalue weighted by molar-refractivity contribution is 6.35. The zero-order valence-corrected chi connectivity index (χ0v) is 16.6. The number of aromatic amines is 1. The van der Waals surface area contributed by atoms with Crippen LogP contribution in [0.1, 0.15) is 32.4 Å². The summed E-state index contributed by atoms with van der Waals surface area (Å²) in [6, 6.07) is 20.8. The van der Waals surface area contributed by atoms with Gasteiger partial charge in [-0.1, -0.05) is 71.7 Å². The Morgan fingerprint density at radius 3 is 2.38 bits per heavy atom. The molecule has 0 spiro atoms. The standard InChI is InChI=1S/C23H15Cl2NO3/c24-15-10-11-19(25)17(12-15)23(28)29-22(14-6-2-1-3-7-14)21(27)18-13-26-20-9-5-4-8-16(18)20/h1-13,22,26H/t22-/m0/s1. The number of para-hydroxylation sites is 1. The zero-order valence-electron chi connectivity index (χ0n) is 15.1. The van der Waals surface area contributed by atoms with Crippen LogP contribution in [-0.4, -0.2) is 16.7 Å². The van der Waals surface area contributed by atoms with Crippen LogP contribution >= 0.6 is 23.2 Å². The van der Waals surface area contributed by atoms with Gasteiger partial charge in [-0.2, -0.15) is 0 Å². The predicted octanol–water partition coefficient (Wildman–Crippen LogP) is 6.26. The summed E-state index contributed by atoms with van der Waals surface area (Å²) < 4.78 is 5.65. The molecule has 29 heavy (non-hydrogen) atoms. The molecule has 0 bridgehead atoms. The molecule has 0 saturated carbocycles. The molecule has 0 amide bonds. The topological polar surface area (TPSA) is 59.2 Å². The Bertz CT molecular complexity index is 1200. The Labute approximate surface area is 177 Å². The molecule has 0 aliphatic heterocycles. The van der Waals surface area contributed by atoms with Crippen LogP contribution in [0.5, 0.6) is 0 Å². The van der Waals surface area contributed by atoms with E-state index >= 15 is 0 Å². The van der Waals surface area contributed by atoms with Crippen molar-refractivity contribution >= 4 is 45.9 Å². The Balaban J connectivity index is 1.73. The van der Waals surface area contributed by atoms with Crippen molar-refractivity contribution in [3.05, 3.63) is 106 Å². The molecule has 1 N–H and O–H groups in total. The largest absolute Gasteiger partial charge is 0.445 e. The van der Waals surface area contributed by atoms with Crippen molar-refractivity contribution < 1.29 is 14.3 Å². The average molecular weight is 424 g/mol. The van der Waals surface area contributed by atoms with Crippen LogP contribution in [0.4, 0.5) is 0 Å². The first-order chi connectivity index (χ1) is 14.0. The highest BCUT2D eigenvalue weighted by atomic mass is 35.5. The van der Waals surface area contributed by atoms with Crippen molar-refractivity contribution in [2.75, 3.05) is 0 Å². The van der Waals surface area contributed by atoms with Gasteiger partial charge in [0.2, 0.25) is 5.78 Å². The van der Waals surface area contributed by atoms with Gasteiger partial charge in [-0.25, -0.2) is 4.79 Å². The van der Waals surface area contributed by atoms with Crippen LogP contribution in [0.3, 0.4) is 0 Å². The fourth-order valence-electron chi connectivity index (χ4n) is 3.14. The van der Waals surface area contributed by atoms with Crippen LogP contribution in [-0.2, 0) is 4.74 Å². The minimum atomic E-state index is -1.13. The van der Waals surface area contributed by atoms with E-state index in [2.05, 4.69) is 4.98 Å². The summed E-state index contributed by atoms with van der Waals surface area (Å²) in [4.78, 5) is 29.3. The van der Waals surface area contributed by atoms with Gasteiger partial charge in [0.1, 0.15) is 0 Å². The smallest absolute Gasteiger partial charge is 0.340 e. The van der Waals surface area contributed by atoms with E-state index in [1.54, 1.807) is 36.5 Å². The fourth-order valence-corrected chi connectivity index (χ4v) is 3.51. The van der Waals surface area contributed by atoms with Crippen LogP contribution in [0.2, 0.25) is 10.0 Å². The van der Waals surface area contributed by atoms with Gasteiger partial charge in [0, 0.05) is 33.2 Å². The molecule has 4 rings (SSSR count). The maximum Gasteiger partial charge on any atom is 0.340 e. The summed E-state index contributed by atoms with van der Waals surface area (Å²) in [5.74, 6) is -1.06. The third-order valence-electron chi connectivity index (χ3n) is 4.57. The average Bonchev–Trinajstić information content (AvgIpc) is 3.18. The van der Waals surface area contributed by atoms with E-state index in [0.717, 1.165) is 10.9 Å². The number of benzene rings is 3. The second-order valence-electron chi connectivity index (χ2n) is 6.43. The van der Waals surface area contributed by atoms with Gasteiger partial charge in [-0.3, -0.25) is 4.79 Å². The number of carbonyl (C=O) groups is 2. The Kier molecular flexibility index (Phi) is 5.38. The molecule has 144 valence electrons. The molecule has 0 radical (unpaired) electrons. The first-order valence-electron chi connectivity index (χ1n) is 8.86. The highest BCUT2D eigenvalue weighted by Gasteiger charge is 2.29. The van der Waals surface area contributed by atoms with Gasteiger partial charge in [0.15, 0.2) is 6.10 Å². The van der Waals surface area contributed by atoms with E-state index in [0.29, 0.717) is 16.1 Å². The SMILES string of the molecule is O=C(O[C@H](C(=O)c1c[nH]c2ccccc12)c1ccccc1)c1cc(Cl)ccc1Cl. The molecular weight excluding hydrogens is 409 g/mol. The van der Waals surface area contributed by atoms with Crippen molar-refractivity contribution in [1.29, 1.82) is 0 Å². The van der Waals surface area contributed by atoms with Crippen LogP contribution < -0.4 is 0 Å². The van der Waals surface area contributed by atoms with Gasteiger partial charge < -0.3 is 9.72 Å². The molecular formula is C23H15Cl2NO3. The van der Waals surface area contributed by atoms with Gasteiger partial charge >= 0.3 is 5.97 Å². The van der Waals surface area contributed by atoms with E-state index in [9.17, 15) is 9.59 Å². The quantitative estimate of drug-likeness (QED) is 0.304. The lowest BCUT2D eigenvalue weighted by Gasteiger charge is -2.17. The van der Waals surface area contributed by atoms with E-state index in [1.165, 1.54) is 12.1 Å². The lowest BCUT2D eigenvalue weighted by atomic mass is 9.99. The number of esters is 1. The predicted molar refractivity (Wildman–Crippen MR) is 114 cm³/mol. The second-order valence-corrected chi connectivity index (χ2v) is 7.28. The lowest BCUT2D eigenvalue weighted by Crippen LogP contribution is -2.20. The normalized spacial score (nSPS) is 11.9. The number of Topliss-reactive ketones (excluding diaryl/α,β-unsaturated/α-hetero) is 1. The van der Waals surface area contributed by atoms with Crippen molar-refractivity contribution in [3.63, 3.8) is 0 Å². The molecule has 0 unspecified atom stereocenters. The van der Waals surface area contributed by atoms with Crippen LogP contribution in [0.25, 0.3) is 10.9 Å². The number of hydrogen-bond acceptors (Lipinski definition) is 3. The molecule has 1 atom stereocenters. The van der Waals surface area contributed by atoms with Gasteiger partial charge in [-0.05, 0) is 24.3 Å². The summed E-state index contributed by atoms with van der Waals surface area (Å²) >= 11 is 12.1.